The molecule has 0 saturated carbocycles. The average molecular weight is 663 g/mol. The average Bonchev–Trinajstić information content (AvgIpc) is 3.40. The largest absolute Gasteiger partial charge is 0.394 e. The van der Waals surface area contributed by atoms with E-state index < -0.39 is 11.9 Å². The number of anilines is 3. The summed E-state index contributed by atoms with van der Waals surface area (Å²) >= 11 is 22.6. The van der Waals surface area contributed by atoms with Crippen LogP contribution in [0.5, 0.6) is 0 Å². The van der Waals surface area contributed by atoms with Crippen molar-refractivity contribution in [3.05, 3.63) is 97.3 Å². The highest BCUT2D eigenvalue weighted by molar-refractivity contribution is 9.10. The molecule has 40 heavy (non-hydrogen) atoms. The van der Waals surface area contributed by atoms with Gasteiger partial charge in [0.25, 0.3) is 0 Å². The number of nitrogens with one attached hydrogen (secondary N) is 2. The van der Waals surface area contributed by atoms with Gasteiger partial charge in [0, 0.05) is 39.2 Å². The van der Waals surface area contributed by atoms with Gasteiger partial charge in [-0.1, -0.05) is 40.0 Å². The lowest BCUT2D eigenvalue weighted by Gasteiger charge is -2.21. The van der Waals surface area contributed by atoms with E-state index in [0.717, 1.165) is 0 Å². The van der Waals surface area contributed by atoms with Gasteiger partial charge < -0.3 is 15.7 Å². The van der Waals surface area contributed by atoms with Gasteiger partial charge in [-0.3, -0.25) is 4.98 Å². The van der Waals surface area contributed by atoms with E-state index in [9.17, 15) is 14.8 Å². The van der Waals surface area contributed by atoms with Crippen LogP contribution in [0.1, 0.15) is 22.9 Å². The van der Waals surface area contributed by atoms with E-state index in [0.29, 0.717) is 48.7 Å². The maximum absolute atomic E-state index is 13.8. The van der Waals surface area contributed by atoms with Crippen LogP contribution < -0.4 is 10.6 Å². The minimum absolute atomic E-state index is 0.0705. The second-order valence-corrected chi connectivity index (χ2v) is 10.6. The van der Waals surface area contributed by atoms with E-state index in [4.69, 9.17) is 34.8 Å². The summed E-state index contributed by atoms with van der Waals surface area (Å²) in [5.74, 6) is -0.565. The highest BCUT2D eigenvalue weighted by Gasteiger charge is 2.23. The van der Waals surface area contributed by atoms with Crippen molar-refractivity contribution in [1.82, 2.24) is 25.0 Å². The summed E-state index contributed by atoms with van der Waals surface area (Å²) in [5.41, 5.74) is 3.22. The van der Waals surface area contributed by atoms with Crippen molar-refractivity contribution in [3.63, 3.8) is 0 Å². The Labute approximate surface area is 250 Å². The molecule has 3 heterocycles. The highest BCUT2D eigenvalue weighted by atomic mass is 79.9. The molecule has 0 unspecified atom stereocenters. The SMILES string of the molecule is N#Cc1cnc2c(Cl)cc(N[C@H](c3cn(CCO)nn3)c3cc(Br)cnc3Cl)cc2c1Nc1ccc(F)c(Cl)c1. The summed E-state index contributed by atoms with van der Waals surface area (Å²) in [6.45, 7) is 0.153. The van der Waals surface area contributed by atoms with Gasteiger partial charge in [0.15, 0.2) is 0 Å². The van der Waals surface area contributed by atoms with Crippen LogP contribution in [0.2, 0.25) is 15.2 Å². The normalized spacial score (nSPS) is 11.8. The first-order chi connectivity index (χ1) is 19.3. The van der Waals surface area contributed by atoms with Crippen molar-refractivity contribution >= 4 is 78.7 Å². The molecule has 0 amide bonds. The van der Waals surface area contributed by atoms with E-state index in [1.807, 2.05) is 0 Å². The molecule has 202 valence electrons. The van der Waals surface area contributed by atoms with Gasteiger partial charge in [-0.2, -0.15) is 5.26 Å². The van der Waals surface area contributed by atoms with Crippen LogP contribution >= 0.6 is 50.7 Å². The van der Waals surface area contributed by atoms with Gasteiger partial charge in [0.2, 0.25) is 0 Å². The molecule has 0 bridgehead atoms. The lowest BCUT2D eigenvalue weighted by molar-refractivity contribution is 0.268. The number of pyridine rings is 2. The molecule has 3 N–H and O–H groups in total. The first-order valence-corrected chi connectivity index (χ1v) is 13.5. The number of benzene rings is 2. The smallest absolute Gasteiger partial charge is 0.141 e. The number of aliphatic hydroxyl groups excluding tert-OH is 1. The third-order valence-electron chi connectivity index (χ3n) is 5.87. The monoisotopic (exact) mass is 660 g/mol. The zero-order valence-electron chi connectivity index (χ0n) is 20.2. The Kier molecular flexibility index (Phi) is 8.35. The Hall–Kier alpha value is -3.53. The van der Waals surface area contributed by atoms with Crippen molar-refractivity contribution in [3.8, 4) is 6.07 Å². The molecule has 0 saturated heterocycles. The molecule has 14 heteroatoms. The van der Waals surface area contributed by atoms with E-state index in [-0.39, 0.29) is 28.9 Å². The van der Waals surface area contributed by atoms with Crippen LogP contribution in [0.15, 0.2) is 59.5 Å². The van der Waals surface area contributed by atoms with E-state index >= 15 is 0 Å². The number of hydrogen-bond donors (Lipinski definition) is 3. The molecule has 2 aromatic carbocycles. The summed E-state index contributed by atoms with van der Waals surface area (Å²) in [7, 11) is 0. The summed E-state index contributed by atoms with van der Waals surface area (Å²) in [6, 6.07) is 10.9. The molecule has 0 aliphatic rings. The molecule has 0 radical (unpaired) electrons. The van der Waals surface area contributed by atoms with Crippen LogP contribution in [0, 0.1) is 17.1 Å². The Morgan fingerprint density at radius 3 is 2.62 bits per heavy atom. The summed E-state index contributed by atoms with van der Waals surface area (Å²) in [6.07, 6.45) is 4.67. The Bertz CT molecular complexity index is 1780. The van der Waals surface area contributed by atoms with Crippen LogP contribution in [-0.4, -0.2) is 36.7 Å². The maximum atomic E-state index is 13.8. The Morgan fingerprint density at radius 2 is 1.88 bits per heavy atom. The van der Waals surface area contributed by atoms with E-state index in [1.54, 1.807) is 30.6 Å². The zero-order chi connectivity index (χ0) is 28.4. The number of rotatable bonds is 8. The molecule has 9 nitrogen and oxygen atoms in total. The second-order valence-electron chi connectivity index (χ2n) is 8.51. The molecule has 0 aliphatic heterocycles. The van der Waals surface area contributed by atoms with Crippen molar-refractivity contribution in [2.45, 2.75) is 12.6 Å². The third kappa shape index (κ3) is 5.82. The second kappa shape index (κ2) is 11.9. The lowest BCUT2D eigenvalue weighted by Crippen LogP contribution is -2.14. The van der Waals surface area contributed by atoms with Crippen LogP contribution in [0.25, 0.3) is 10.9 Å². The van der Waals surface area contributed by atoms with E-state index in [1.165, 1.54) is 29.1 Å². The number of halogens is 5. The molecule has 5 rings (SSSR count). The fraction of sp³-hybridized carbons (Fsp3) is 0.115. The standard InChI is InChI=1S/C26H17BrCl3FN8O/c27-14-5-18(26(30)34-11-14)25(22-12-39(3-4-40)38-37-22)36-16-6-17-23(35-15-1-2-21(31)19(28)7-15)13(9-32)10-33-24(17)20(29)8-16/h1-2,5-8,10-12,25,36,40H,3-4H2,(H,33,35)/t25-/m0/s1. The van der Waals surface area contributed by atoms with E-state index in [2.05, 4.69) is 52.9 Å². The van der Waals surface area contributed by atoms with Crippen molar-refractivity contribution in [2.24, 2.45) is 0 Å². The lowest BCUT2D eigenvalue weighted by atomic mass is 10.0. The topological polar surface area (TPSA) is 125 Å². The number of fused-ring (bicyclic) bond motifs is 1. The molecular formula is C26H17BrCl3FN8O. The van der Waals surface area contributed by atoms with Gasteiger partial charge in [-0.15, -0.1) is 5.10 Å². The molecule has 0 spiro atoms. The first-order valence-electron chi connectivity index (χ1n) is 11.6. The van der Waals surface area contributed by atoms with Crippen LogP contribution in [0.4, 0.5) is 21.5 Å². The first kappa shape index (κ1) is 28.0. The number of nitrogens with zero attached hydrogens (tertiary/aromatic N) is 6. The maximum Gasteiger partial charge on any atom is 0.141 e. The zero-order valence-corrected chi connectivity index (χ0v) is 24.1. The highest BCUT2D eigenvalue weighted by Crippen LogP contribution is 2.38. The predicted molar refractivity (Wildman–Crippen MR) is 156 cm³/mol. The molecular weight excluding hydrogens is 646 g/mol. The Morgan fingerprint density at radius 1 is 1.07 bits per heavy atom. The number of aliphatic hydroxyl groups is 1. The number of aromatic nitrogens is 5. The fourth-order valence-corrected chi connectivity index (χ4v) is 5.07. The third-order valence-corrected chi connectivity index (χ3v) is 7.20. The van der Waals surface area contributed by atoms with Crippen molar-refractivity contribution < 1.29 is 9.50 Å². The summed E-state index contributed by atoms with van der Waals surface area (Å²) < 4.78 is 16.0. The number of hydrogen-bond acceptors (Lipinski definition) is 8. The summed E-state index contributed by atoms with van der Waals surface area (Å²) in [4.78, 5) is 8.61. The minimum atomic E-state index is -0.627. The van der Waals surface area contributed by atoms with Gasteiger partial charge in [0.1, 0.15) is 28.8 Å². The molecule has 5 aromatic rings. The van der Waals surface area contributed by atoms with Gasteiger partial charge >= 0.3 is 0 Å². The minimum Gasteiger partial charge on any atom is -0.394 e. The number of nitriles is 1. The van der Waals surface area contributed by atoms with Crippen molar-refractivity contribution in [2.75, 3.05) is 17.2 Å². The molecule has 1 atom stereocenters. The molecule has 0 aliphatic carbocycles. The Balaban J connectivity index is 1.63. The molecule has 3 aromatic heterocycles. The van der Waals surface area contributed by atoms with Crippen LogP contribution in [0.3, 0.4) is 0 Å². The van der Waals surface area contributed by atoms with Crippen LogP contribution in [-0.2, 0) is 6.54 Å². The fourth-order valence-electron chi connectivity index (χ4n) is 4.06. The van der Waals surface area contributed by atoms with Gasteiger partial charge in [-0.05, 0) is 52.3 Å². The summed E-state index contributed by atoms with van der Waals surface area (Å²) in [5, 5.41) is 35.0. The van der Waals surface area contributed by atoms with Crippen molar-refractivity contribution in [1.29, 1.82) is 5.26 Å². The van der Waals surface area contributed by atoms with Gasteiger partial charge in [0.05, 0.1) is 46.2 Å². The quantitative estimate of drug-likeness (QED) is 0.154. The van der Waals surface area contributed by atoms with Gasteiger partial charge in [-0.25, -0.2) is 14.1 Å². The predicted octanol–water partition coefficient (Wildman–Crippen LogP) is 6.89. The molecule has 0 fully saturated rings.